The molecule has 0 bridgehead atoms. The third-order valence-electron chi connectivity index (χ3n) is 7.75. The summed E-state index contributed by atoms with van der Waals surface area (Å²) in [6, 6.07) is 7.73. The topological polar surface area (TPSA) is 62.1 Å². The Balaban J connectivity index is 1.38. The molecule has 0 amide bonds. The highest BCUT2D eigenvalue weighted by Gasteiger charge is 2.31. The number of nitrogens with one attached hydrogen (secondary N) is 1. The minimum atomic E-state index is 0.422. The number of likely N-dealkylation sites (tertiary alicyclic amines) is 1. The van der Waals surface area contributed by atoms with E-state index in [4.69, 9.17) is 5.10 Å². The average Bonchev–Trinajstić information content (AvgIpc) is 3.39. The van der Waals surface area contributed by atoms with Gasteiger partial charge in [-0.3, -0.25) is 5.10 Å². The summed E-state index contributed by atoms with van der Waals surface area (Å²) in [5, 5.41) is 13.9. The van der Waals surface area contributed by atoms with Gasteiger partial charge in [0.25, 0.3) is 0 Å². The monoisotopic (exact) mass is 428 g/mol. The molecule has 0 spiro atoms. The number of hydrogen-bond acceptors (Lipinski definition) is 4. The second kappa shape index (κ2) is 7.69. The third-order valence-corrected chi connectivity index (χ3v) is 7.75. The molecule has 6 nitrogen and oxygen atoms in total. The molecule has 6 heteroatoms. The molecule has 1 N–H and O–H groups in total. The van der Waals surface area contributed by atoms with Crippen molar-refractivity contribution in [1.82, 2.24) is 29.7 Å². The van der Waals surface area contributed by atoms with Gasteiger partial charge in [-0.25, -0.2) is 9.50 Å². The number of rotatable bonds is 4. The highest BCUT2D eigenvalue weighted by molar-refractivity contribution is 5.89. The molecule has 4 heterocycles. The molecule has 1 saturated heterocycles. The van der Waals surface area contributed by atoms with E-state index in [1.54, 1.807) is 6.33 Å². The SMILES string of the molecule is Cc1cc(-c2cc3[nH]nc(C4CCC(N5CCC5)CC4)c3cc2C(C)C)cn2ncnc12. The Morgan fingerprint density at radius 1 is 1.06 bits per heavy atom. The van der Waals surface area contributed by atoms with Gasteiger partial charge in [0.05, 0.1) is 11.2 Å². The summed E-state index contributed by atoms with van der Waals surface area (Å²) in [6.45, 7) is 9.28. The molecule has 1 saturated carbocycles. The molecule has 3 aromatic heterocycles. The number of pyridine rings is 1. The first kappa shape index (κ1) is 19.9. The van der Waals surface area contributed by atoms with Crippen molar-refractivity contribution in [3.63, 3.8) is 0 Å². The third kappa shape index (κ3) is 3.24. The lowest BCUT2D eigenvalue weighted by atomic mass is 9.81. The van der Waals surface area contributed by atoms with E-state index in [1.165, 1.54) is 73.0 Å². The first-order chi connectivity index (χ1) is 15.6. The number of aromatic amines is 1. The highest BCUT2D eigenvalue weighted by Crippen LogP contribution is 2.40. The summed E-state index contributed by atoms with van der Waals surface area (Å²) in [5.74, 6) is 0.993. The molecule has 2 fully saturated rings. The molecular weight excluding hydrogens is 396 g/mol. The van der Waals surface area contributed by atoms with Crippen LogP contribution in [0.4, 0.5) is 0 Å². The predicted molar refractivity (Wildman–Crippen MR) is 128 cm³/mol. The standard InChI is InChI=1S/C26H32N6/c1-16(2)21-12-23-24(13-22(21)19-11-17(3)26-27-15-28-32(26)14-19)29-30-25(23)18-5-7-20(8-6-18)31-9-4-10-31/h11-16,18,20H,4-10H2,1-3H3,(H,29,30). The average molecular weight is 429 g/mol. The summed E-state index contributed by atoms with van der Waals surface area (Å²) in [6.07, 6.45) is 10.2. The van der Waals surface area contributed by atoms with Gasteiger partial charge in [-0.2, -0.15) is 10.2 Å². The predicted octanol–water partition coefficient (Wildman–Crippen LogP) is 5.44. The molecule has 0 atom stereocenters. The summed E-state index contributed by atoms with van der Waals surface area (Å²) < 4.78 is 1.88. The van der Waals surface area contributed by atoms with E-state index in [-0.39, 0.29) is 0 Å². The van der Waals surface area contributed by atoms with Gasteiger partial charge in [-0.15, -0.1) is 0 Å². The van der Waals surface area contributed by atoms with Gasteiger partial charge in [0.15, 0.2) is 5.65 Å². The van der Waals surface area contributed by atoms with Crippen LogP contribution in [-0.2, 0) is 0 Å². The number of benzene rings is 1. The maximum absolute atomic E-state index is 4.85. The Kier molecular flexibility index (Phi) is 4.79. The molecule has 1 aliphatic carbocycles. The lowest BCUT2D eigenvalue weighted by molar-refractivity contribution is 0.0867. The van der Waals surface area contributed by atoms with E-state index in [2.05, 4.69) is 65.2 Å². The second-order valence-electron chi connectivity index (χ2n) is 10.1. The number of hydrogen-bond donors (Lipinski definition) is 1. The van der Waals surface area contributed by atoms with Gasteiger partial charge in [0.2, 0.25) is 0 Å². The number of aryl methyl sites for hydroxylation is 1. The van der Waals surface area contributed by atoms with Crippen LogP contribution in [0.2, 0.25) is 0 Å². The Hall–Kier alpha value is -2.73. The zero-order valence-corrected chi connectivity index (χ0v) is 19.3. The van der Waals surface area contributed by atoms with Crippen molar-refractivity contribution in [2.45, 2.75) is 70.8 Å². The Morgan fingerprint density at radius 3 is 2.59 bits per heavy atom. The largest absolute Gasteiger partial charge is 0.300 e. The molecule has 166 valence electrons. The smallest absolute Gasteiger partial charge is 0.158 e. The number of aromatic nitrogens is 5. The van der Waals surface area contributed by atoms with Crippen LogP contribution in [0, 0.1) is 6.92 Å². The van der Waals surface area contributed by atoms with Crippen LogP contribution in [0.5, 0.6) is 0 Å². The maximum Gasteiger partial charge on any atom is 0.158 e. The van der Waals surface area contributed by atoms with E-state index in [0.29, 0.717) is 11.8 Å². The van der Waals surface area contributed by atoms with E-state index in [1.807, 2.05) is 4.52 Å². The van der Waals surface area contributed by atoms with Crippen LogP contribution in [0.15, 0.2) is 30.7 Å². The van der Waals surface area contributed by atoms with Crippen molar-refractivity contribution in [3.8, 4) is 11.1 Å². The number of H-pyrrole nitrogens is 1. The van der Waals surface area contributed by atoms with E-state index in [9.17, 15) is 0 Å². The van der Waals surface area contributed by atoms with Crippen molar-refractivity contribution in [2.24, 2.45) is 0 Å². The molecule has 6 rings (SSSR count). The van der Waals surface area contributed by atoms with Crippen LogP contribution < -0.4 is 0 Å². The number of fused-ring (bicyclic) bond motifs is 2. The molecular formula is C26H32N6. The maximum atomic E-state index is 4.85. The van der Waals surface area contributed by atoms with E-state index in [0.717, 1.165) is 22.8 Å². The molecule has 0 unspecified atom stereocenters. The first-order valence-corrected chi connectivity index (χ1v) is 12.1. The number of nitrogens with zero attached hydrogens (tertiary/aromatic N) is 5. The van der Waals surface area contributed by atoms with E-state index >= 15 is 0 Å². The molecule has 32 heavy (non-hydrogen) atoms. The lowest BCUT2D eigenvalue weighted by Gasteiger charge is -2.41. The van der Waals surface area contributed by atoms with Crippen LogP contribution in [-0.4, -0.2) is 48.8 Å². The minimum Gasteiger partial charge on any atom is -0.300 e. The fraction of sp³-hybridized carbons (Fsp3) is 0.500. The zero-order chi connectivity index (χ0) is 21.8. The van der Waals surface area contributed by atoms with Gasteiger partial charge in [-0.05, 0) is 92.9 Å². The second-order valence-corrected chi connectivity index (χ2v) is 10.1. The fourth-order valence-electron chi connectivity index (χ4n) is 5.80. The van der Waals surface area contributed by atoms with Crippen molar-refractivity contribution < 1.29 is 0 Å². The Bertz CT molecular complexity index is 1270. The summed E-state index contributed by atoms with van der Waals surface area (Å²) in [5.41, 5.74) is 8.27. The highest BCUT2D eigenvalue weighted by atomic mass is 15.3. The van der Waals surface area contributed by atoms with Crippen molar-refractivity contribution >= 4 is 16.6 Å². The van der Waals surface area contributed by atoms with Gasteiger partial charge < -0.3 is 4.90 Å². The lowest BCUT2D eigenvalue weighted by Crippen LogP contribution is -2.46. The Labute approximate surface area is 189 Å². The van der Waals surface area contributed by atoms with Gasteiger partial charge >= 0.3 is 0 Å². The van der Waals surface area contributed by atoms with Gasteiger partial charge in [0.1, 0.15) is 6.33 Å². The van der Waals surface area contributed by atoms with Crippen LogP contribution in [0.1, 0.15) is 74.6 Å². The molecule has 2 aliphatic rings. The zero-order valence-electron chi connectivity index (χ0n) is 19.3. The van der Waals surface area contributed by atoms with Crippen molar-refractivity contribution in [2.75, 3.05) is 13.1 Å². The first-order valence-electron chi connectivity index (χ1n) is 12.1. The summed E-state index contributed by atoms with van der Waals surface area (Å²) in [4.78, 5) is 7.05. The van der Waals surface area contributed by atoms with Gasteiger partial charge in [0, 0.05) is 29.1 Å². The minimum absolute atomic E-state index is 0.422. The van der Waals surface area contributed by atoms with Crippen LogP contribution in [0.3, 0.4) is 0 Å². The Morgan fingerprint density at radius 2 is 1.88 bits per heavy atom. The summed E-state index contributed by atoms with van der Waals surface area (Å²) in [7, 11) is 0. The quantitative estimate of drug-likeness (QED) is 0.470. The van der Waals surface area contributed by atoms with Crippen LogP contribution >= 0.6 is 0 Å². The molecule has 1 aliphatic heterocycles. The fourth-order valence-corrected chi connectivity index (χ4v) is 5.80. The van der Waals surface area contributed by atoms with Crippen LogP contribution in [0.25, 0.3) is 27.7 Å². The molecule has 1 aromatic carbocycles. The molecule has 0 radical (unpaired) electrons. The van der Waals surface area contributed by atoms with Crippen molar-refractivity contribution in [1.29, 1.82) is 0 Å². The molecule has 4 aromatic rings. The van der Waals surface area contributed by atoms with E-state index < -0.39 is 0 Å². The van der Waals surface area contributed by atoms with Gasteiger partial charge in [-0.1, -0.05) is 13.8 Å². The van der Waals surface area contributed by atoms with Crippen molar-refractivity contribution in [3.05, 3.63) is 47.5 Å². The summed E-state index contributed by atoms with van der Waals surface area (Å²) >= 11 is 0. The normalized spacial score (nSPS) is 22.1.